The fourth-order valence-electron chi connectivity index (χ4n) is 2.44. The highest BCUT2D eigenvalue weighted by atomic mass is 32.2. The highest BCUT2D eigenvalue weighted by Gasteiger charge is 2.14. The number of hydrogen-bond acceptors (Lipinski definition) is 4. The summed E-state index contributed by atoms with van der Waals surface area (Å²) < 4.78 is 6.26. The van der Waals surface area contributed by atoms with Crippen molar-refractivity contribution in [2.24, 2.45) is 0 Å². The Morgan fingerprint density at radius 2 is 1.88 bits per heavy atom. The monoisotopic (exact) mass is 339 g/mol. The molecule has 3 rings (SSSR count). The van der Waals surface area contributed by atoms with Gasteiger partial charge in [0.2, 0.25) is 0 Å². The first-order valence-corrected chi connectivity index (χ1v) is 8.71. The van der Waals surface area contributed by atoms with Gasteiger partial charge in [0.1, 0.15) is 11.9 Å². The Morgan fingerprint density at radius 1 is 1.04 bits per heavy atom. The lowest BCUT2D eigenvalue weighted by Gasteiger charge is -2.19. The number of benzene rings is 2. The van der Waals surface area contributed by atoms with E-state index in [0.29, 0.717) is 11.4 Å². The molecule has 0 aliphatic rings. The fraction of sp³-hybridized carbons (Fsp3) is 0.158. The predicted octanol–water partition coefficient (Wildman–Crippen LogP) is 4.86. The quantitative estimate of drug-likeness (QED) is 0.560. The van der Waals surface area contributed by atoms with Gasteiger partial charge in [0, 0.05) is 11.1 Å². The highest BCUT2D eigenvalue weighted by Crippen LogP contribution is 2.38. The number of ether oxygens (including phenoxy) is 1. The Morgan fingerprint density at radius 3 is 2.58 bits per heavy atom. The van der Waals surface area contributed by atoms with E-state index in [4.69, 9.17) is 16.2 Å². The molecule has 0 bridgehead atoms. The van der Waals surface area contributed by atoms with Crippen LogP contribution in [0.1, 0.15) is 25.1 Å². The van der Waals surface area contributed by atoms with Gasteiger partial charge in [-0.3, -0.25) is 0 Å². The van der Waals surface area contributed by atoms with Gasteiger partial charge in [0.15, 0.2) is 0 Å². The van der Waals surface area contributed by atoms with Crippen LogP contribution in [0.4, 0.5) is 11.4 Å². The third-order valence-electron chi connectivity index (χ3n) is 3.74. The van der Waals surface area contributed by atoms with Crippen molar-refractivity contribution in [2.75, 3.05) is 11.5 Å². The zero-order valence-corrected chi connectivity index (χ0v) is 14.3. The van der Waals surface area contributed by atoms with Crippen molar-refractivity contribution < 1.29 is 4.74 Å². The van der Waals surface area contributed by atoms with Gasteiger partial charge >= 0.3 is 0 Å². The number of aromatic nitrogens is 1. The number of rotatable bonds is 6. The van der Waals surface area contributed by atoms with E-state index in [9.17, 15) is 0 Å². The van der Waals surface area contributed by atoms with Crippen molar-refractivity contribution in [3.05, 3.63) is 66.5 Å². The average Bonchev–Trinajstić information content (AvgIpc) is 3.12. The Labute approximate surface area is 146 Å². The van der Waals surface area contributed by atoms with Gasteiger partial charge in [-0.05, 0) is 48.9 Å². The third-order valence-corrected chi connectivity index (χ3v) is 4.79. The van der Waals surface area contributed by atoms with Gasteiger partial charge in [-0.1, -0.05) is 30.8 Å². The third kappa shape index (κ3) is 3.68. The maximum atomic E-state index is 6.26. The van der Waals surface area contributed by atoms with Crippen LogP contribution in [0.2, 0.25) is 0 Å². The van der Waals surface area contributed by atoms with E-state index >= 15 is 0 Å². The van der Waals surface area contributed by atoms with Crippen molar-refractivity contribution in [1.29, 1.82) is 0 Å². The van der Waals surface area contributed by atoms with Crippen molar-refractivity contribution in [3.63, 3.8) is 0 Å². The van der Waals surface area contributed by atoms with Gasteiger partial charge in [-0.2, -0.15) is 0 Å². The SMILES string of the molecule is CCC(Oc1ccccc1Sc1ccc(N)c(N)c1)c1ccc[nH]1. The van der Waals surface area contributed by atoms with Gasteiger partial charge in [-0.25, -0.2) is 0 Å². The van der Waals surface area contributed by atoms with Crippen molar-refractivity contribution in [2.45, 2.75) is 29.2 Å². The molecule has 4 nitrogen and oxygen atoms in total. The molecule has 1 aromatic heterocycles. The number of H-pyrrole nitrogens is 1. The van der Waals surface area contributed by atoms with E-state index in [1.54, 1.807) is 11.8 Å². The summed E-state index contributed by atoms with van der Waals surface area (Å²) in [5.74, 6) is 0.861. The molecule has 5 heteroatoms. The minimum Gasteiger partial charge on any atom is -0.483 e. The molecule has 1 unspecified atom stereocenters. The Bertz CT molecular complexity index is 802. The Kier molecular flexibility index (Phi) is 5.01. The Hall–Kier alpha value is -2.53. The van der Waals surface area contributed by atoms with Crippen LogP contribution in [0, 0.1) is 0 Å². The van der Waals surface area contributed by atoms with Crippen molar-refractivity contribution in [3.8, 4) is 5.75 Å². The summed E-state index contributed by atoms with van der Waals surface area (Å²) in [6, 6.07) is 17.7. The summed E-state index contributed by atoms with van der Waals surface area (Å²) >= 11 is 1.62. The van der Waals surface area contributed by atoms with Gasteiger partial charge in [-0.15, -0.1) is 0 Å². The molecular formula is C19H21N3OS. The number of nitrogens with one attached hydrogen (secondary N) is 1. The maximum absolute atomic E-state index is 6.26. The van der Waals surface area contributed by atoms with E-state index < -0.39 is 0 Å². The molecule has 0 fully saturated rings. The lowest BCUT2D eigenvalue weighted by molar-refractivity contribution is 0.192. The summed E-state index contributed by atoms with van der Waals surface area (Å²) in [6.45, 7) is 2.11. The van der Waals surface area contributed by atoms with Gasteiger partial charge in [0.05, 0.1) is 22.0 Å². The summed E-state index contributed by atoms with van der Waals surface area (Å²) in [5, 5.41) is 0. The van der Waals surface area contributed by atoms with Crippen molar-refractivity contribution >= 4 is 23.1 Å². The molecule has 0 radical (unpaired) electrons. The molecule has 1 heterocycles. The first-order valence-electron chi connectivity index (χ1n) is 7.89. The van der Waals surface area contributed by atoms with Crippen LogP contribution in [-0.4, -0.2) is 4.98 Å². The molecule has 0 aliphatic heterocycles. The van der Waals surface area contributed by atoms with E-state index in [2.05, 4.69) is 11.9 Å². The van der Waals surface area contributed by atoms with E-state index in [-0.39, 0.29) is 6.10 Å². The Balaban J connectivity index is 1.83. The minimum atomic E-state index is -0.00163. The van der Waals surface area contributed by atoms with E-state index in [0.717, 1.165) is 27.7 Å². The second kappa shape index (κ2) is 7.36. The summed E-state index contributed by atoms with van der Waals surface area (Å²) in [4.78, 5) is 5.31. The fourth-order valence-corrected chi connectivity index (χ4v) is 3.38. The molecule has 0 amide bonds. The molecule has 2 aromatic carbocycles. The molecule has 0 spiro atoms. The van der Waals surface area contributed by atoms with Crippen LogP contribution in [0.25, 0.3) is 0 Å². The molecular weight excluding hydrogens is 318 g/mol. The minimum absolute atomic E-state index is 0.00163. The van der Waals surface area contributed by atoms with Gasteiger partial charge in [0.25, 0.3) is 0 Å². The largest absolute Gasteiger partial charge is 0.483 e. The molecule has 0 aliphatic carbocycles. The van der Waals surface area contributed by atoms with Crippen LogP contribution < -0.4 is 16.2 Å². The van der Waals surface area contributed by atoms with Crippen molar-refractivity contribution in [1.82, 2.24) is 4.98 Å². The molecule has 24 heavy (non-hydrogen) atoms. The van der Waals surface area contributed by atoms with Crippen LogP contribution in [0.3, 0.4) is 0 Å². The molecule has 3 aromatic rings. The first-order chi connectivity index (χ1) is 11.7. The number of hydrogen-bond donors (Lipinski definition) is 3. The molecule has 0 saturated carbocycles. The standard InChI is InChI=1S/C19H21N3OS/c1-2-17(16-6-5-11-22-16)23-18-7-3-4-8-19(18)24-13-9-10-14(20)15(21)12-13/h3-12,17,22H,2,20-21H2,1H3. The van der Waals surface area contributed by atoms with E-state index in [1.165, 1.54) is 0 Å². The molecule has 0 saturated heterocycles. The normalized spacial score (nSPS) is 12.0. The average molecular weight is 339 g/mol. The molecule has 5 N–H and O–H groups in total. The topological polar surface area (TPSA) is 77.1 Å². The number of aromatic amines is 1. The second-order valence-electron chi connectivity index (χ2n) is 5.48. The smallest absolute Gasteiger partial charge is 0.138 e. The number of nitrogen functional groups attached to an aromatic ring is 2. The van der Waals surface area contributed by atoms with E-state index in [1.807, 2.05) is 60.8 Å². The summed E-state index contributed by atoms with van der Waals surface area (Å²) in [5.41, 5.74) is 14.0. The maximum Gasteiger partial charge on any atom is 0.138 e. The molecule has 1 atom stereocenters. The predicted molar refractivity (Wildman–Crippen MR) is 100 cm³/mol. The number of anilines is 2. The first kappa shape index (κ1) is 16.3. The van der Waals surface area contributed by atoms with Gasteiger partial charge < -0.3 is 21.2 Å². The van der Waals surface area contributed by atoms with Crippen LogP contribution in [0.15, 0.2) is 70.6 Å². The lowest BCUT2D eigenvalue weighted by atomic mass is 10.2. The van der Waals surface area contributed by atoms with Crippen LogP contribution in [0.5, 0.6) is 5.75 Å². The molecule has 124 valence electrons. The van der Waals surface area contributed by atoms with Crippen LogP contribution >= 0.6 is 11.8 Å². The number of nitrogens with two attached hydrogens (primary N) is 2. The highest BCUT2D eigenvalue weighted by molar-refractivity contribution is 7.99. The zero-order chi connectivity index (χ0) is 16.9. The van der Waals surface area contributed by atoms with Crippen LogP contribution in [-0.2, 0) is 0 Å². The lowest BCUT2D eigenvalue weighted by Crippen LogP contribution is -2.07. The summed E-state index contributed by atoms with van der Waals surface area (Å²) in [6.07, 6.45) is 2.80. The number of para-hydroxylation sites is 1. The second-order valence-corrected chi connectivity index (χ2v) is 6.60. The zero-order valence-electron chi connectivity index (χ0n) is 13.5. The summed E-state index contributed by atoms with van der Waals surface area (Å²) in [7, 11) is 0.